The van der Waals surface area contributed by atoms with Crippen LogP contribution in [0, 0.1) is 5.92 Å². The smallest absolute Gasteiger partial charge is 0.287 e. The summed E-state index contributed by atoms with van der Waals surface area (Å²) in [7, 11) is 0. The first-order valence-electron chi connectivity index (χ1n) is 7.42. The van der Waals surface area contributed by atoms with Gasteiger partial charge in [0.05, 0.1) is 17.8 Å². The highest BCUT2D eigenvalue weighted by Gasteiger charge is 2.28. The van der Waals surface area contributed by atoms with Crippen molar-refractivity contribution < 1.29 is 14.4 Å². The quantitative estimate of drug-likeness (QED) is 0.735. The zero-order valence-electron chi connectivity index (χ0n) is 13.4. The molecule has 2 amide bonds. The predicted octanol–water partition coefficient (Wildman–Crippen LogP) is 1.40. The third-order valence-electron chi connectivity index (χ3n) is 3.32. The summed E-state index contributed by atoms with van der Waals surface area (Å²) in [6, 6.07) is 8.16. The van der Waals surface area contributed by atoms with Gasteiger partial charge in [-0.25, -0.2) is 0 Å². The molecule has 126 valence electrons. The molecule has 0 spiro atoms. The molecule has 0 aliphatic carbocycles. The number of carbonyl (C=O) groups excluding carboxylic acids is 3. The van der Waals surface area contributed by atoms with Crippen LogP contribution in [0.4, 0.5) is 0 Å². The minimum absolute atomic E-state index is 0.0979. The summed E-state index contributed by atoms with van der Waals surface area (Å²) in [5.74, 6) is -2.34. The van der Waals surface area contributed by atoms with E-state index in [9.17, 15) is 14.4 Å². The van der Waals surface area contributed by atoms with E-state index in [0.29, 0.717) is 12.1 Å². The summed E-state index contributed by atoms with van der Waals surface area (Å²) in [6.07, 6.45) is 0.311. The van der Waals surface area contributed by atoms with Gasteiger partial charge in [-0.2, -0.15) is 8.75 Å². The van der Waals surface area contributed by atoms with Crippen molar-refractivity contribution in [2.75, 3.05) is 0 Å². The van der Waals surface area contributed by atoms with Gasteiger partial charge in [-0.15, -0.1) is 0 Å². The van der Waals surface area contributed by atoms with Gasteiger partial charge in [0.1, 0.15) is 5.69 Å². The zero-order valence-corrected chi connectivity index (χ0v) is 14.2. The van der Waals surface area contributed by atoms with Crippen LogP contribution in [-0.2, 0) is 9.59 Å². The van der Waals surface area contributed by atoms with Crippen molar-refractivity contribution in [2.45, 2.75) is 26.3 Å². The first kappa shape index (κ1) is 17.7. The average molecular weight is 346 g/mol. The molecule has 2 aromatic rings. The fourth-order valence-electron chi connectivity index (χ4n) is 2.22. The lowest BCUT2D eigenvalue weighted by atomic mass is 9.99. The number of hydrogen-bond acceptors (Lipinski definition) is 6. The monoisotopic (exact) mass is 346 g/mol. The summed E-state index contributed by atoms with van der Waals surface area (Å²) < 4.78 is 8.17. The zero-order chi connectivity index (χ0) is 17.7. The van der Waals surface area contributed by atoms with Crippen LogP contribution in [-0.4, -0.2) is 32.4 Å². The average Bonchev–Trinajstić information content (AvgIpc) is 3.03. The van der Waals surface area contributed by atoms with Gasteiger partial charge in [0.2, 0.25) is 5.78 Å². The third kappa shape index (κ3) is 4.23. The maximum Gasteiger partial charge on any atom is 0.287 e. The molecule has 0 aliphatic heterocycles. The topological polar surface area (TPSA) is 115 Å². The van der Waals surface area contributed by atoms with E-state index in [1.807, 2.05) is 44.2 Å². The molecular formula is C16H18N4O3S. The van der Waals surface area contributed by atoms with E-state index in [0.717, 1.165) is 17.3 Å². The number of benzene rings is 1. The van der Waals surface area contributed by atoms with E-state index in [1.54, 1.807) is 0 Å². The molecule has 1 unspecified atom stereocenters. The first-order valence-corrected chi connectivity index (χ1v) is 8.15. The number of primary amides is 1. The molecule has 2 rings (SSSR count). The summed E-state index contributed by atoms with van der Waals surface area (Å²) >= 11 is 0.908. The Kier molecular flexibility index (Phi) is 5.75. The Morgan fingerprint density at radius 1 is 1.17 bits per heavy atom. The summed E-state index contributed by atoms with van der Waals surface area (Å²) in [6.45, 7) is 3.76. The van der Waals surface area contributed by atoms with Gasteiger partial charge in [0.15, 0.2) is 5.69 Å². The van der Waals surface area contributed by atoms with Crippen molar-refractivity contribution in [1.29, 1.82) is 0 Å². The van der Waals surface area contributed by atoms with Crippen molar-refractivity contribution >= 4 is 29.3 Å². The molecular weight excluding hydrogens is 328 g/mol. The molecule has 1 heterocycles. The third-order valence-corrected chi connectivity index (χ3v) is 3.85. The number of amides is 2. The number of nitrogens with zero attached hydrogens (tertiary/aromatic N) is 2. The number of carbonyl (C=O) groups is 3. The second-order valence-electron chi connectivity index (χ2n) is 5.71. The lowest BCUT2D eigenvalue weighted by molar-refractivity contribution is -0.137. The Hall–Kier alpha value is -2.61. The van der Waals surface area contributed by atoms with E-state index in [4.69, 9.17) is 5.73 Å². The van der Waals surface area contributed by atoms with Gasteiger partial charge in [0, 0.05) is 5.56 Å². The van der Waals surface area contributed by atoms with Crippen LogP contribution in [0.2, 0.25) is 0 Å². The van der Waals surface area contributed by atoms with Gasteiger partial charge in [0.25, 0.3) is 11.8 Å². The van der Waals surface area contributed by atoms with E-state index < -0.39 is 23.6 Å². The van der Waals surface area contributed by atoms with Crippen molar-refractivity contribution in [3.8, 4) is 11.3 Å². The van der Waals surface area contributed by atoms with Crippen molar-refractivity contribution in [3.63, 3.8) is 0 Å². The number of rotatable bonds is 7. The lowest BCUT2D eigenvalue weighted by Gasteiger charge is -2.17. The molecule has 0 bridgehead atoms. The highest BCUT2D eigenvalue weighted by molar-refractivity contribution is 6.99. The Bertz CT molecular complexity index is 743. The minimum Gasteiger partial charge on any atom is -0.363 e. The summed E-state index contributed by atoms with van der Waals surface area (Å²) in [5.41, 5.74) is 6.37. The summed E-state index contributed by atoms with van der Waals surface area (Å²) in [5, 5.41) is 2.56. The number of ketones is 1. The van der Waals surface area contributed by atoms with Crippen LogP contribution in [0.1, 0.15) is 30.8 Å². The maximum absolute atomic E-state index is 12.5. The molecule has 7 nitrogen and oxygen atoms in total. The van der Waals surface area contributed by atoms with Gasteiger partial charge in [-0.3, -0.25) is 14.4 Å². The number of Topliss-reactive ketones (excluding diaryl/α,β-unsaturated/α-hetero) is 1. The van der Waals surface area contributed by atoms with Crippen molar-refractivity contribution in [2.24, 2.45) is 11.7 Å². The van der Waals surface area contributed by atoms with Gasteiger partial charge in [-0.1, -0.05) is 44.2 Å². The van der Waals surface area contributed by atoms with Crippen LogP contribution in [0.5, 0.6) is 0 Å². The molecule has 8 heteroatoms. The van der Waals surface area contributed by atoms with Gasteiger partial charge < -0.3 is 11.1 Å². The van der Waals surface area contributed by atoms with Crippen molar-refractivity contribution in [3.05, 3.63) is 36.0 Å². The molecule has 0 aliphatic rings. The van der Waals surface area contributed by atoms with Crippen LogP contribution in [0.25, 0.3) is 11.3 Å². The van der Waals surface area contributed by atoms with Gasteiger partial charge in [-0.05, 0) is 12.3 Å². The fourth-order valence-corrected chi connectivity index (χ4v) is 2.79. The van der Waals surface area contributed by atoms with Gasteiger partial charge >= 0.3 is 0 Å². The second-order valence-corrected chi connectivity index (χ2v) is 6.24. The number of aromatic nitrogens is 2. The molecule has 3 N–H and O–H groups in total. The van der Waals surface area contributed by atoms with Crippen molar-refractivity contribution in [1.82, 2.24) is 14.1 Å². The standard InChI is InChI=1S/C16H18N4O3S/c1-9(2)8-11(14(21)15(17)22)18-16(23)13-12(19-24-20-13)10-6-4-3-5-7-10/h3-7,9,11H,8H2,1-2H3,(H2,17,22)(H,18,23). The Morgan fingerprint density at radius 2 is 1.83 bits per heavy atom. The lowest BCUT2D eigenvalue weighted by Crippen LogP contribution is -2.46. The first-order chi connectivity index (χ1) is 11.4. The molecule has 0 fully saturated rings. The molecule has 0 radical (unpaired) electrons. The van der Waals surface area contributed by atoms with Crippen LogP contribution in [0.15, 0.2) is 30.3 Å². The molecule has 0 saturated carbocycles. The van der Waals surface area contributed by atoms with Crippen LogP contribution < -0.4 is 11.1 Å². The SMILES string of the molecule is CC(C)CC(NC(=O)c1nsnc1-c1ccccc1)C(=O)C(N)=O. The minimum atomic E-state index is -1.07. The molecule has 1 aromatic carbocycles. The summed E-state index contributed by atoms with van der Waals surface area (Å²) in [4.78, 5) is 35.6. The van der Waals surface area contributed by atoms with E-state index in [1.165, 1.54) is 0 Å². The predicted molar refractivity (Wildman–Crippen MR) is 90.3 cm³/mol. The molecule has 1 atom stereocenters. The second kappa shape index (κ2) is 7.78. The van der Waals surface area contributed by atoms with E-state index in [2.05, 4.69) is 14.1 Å². The number of nitrogens with one attached hydrogen (secondary N) is 1. The van der Waals surface area contributed by atoms with Crippen LogP contribution in [0.3, 0.4) is 0 Å². The largest absolute Gasteiger partial charge is 0.363 e. The normalized spacial score (nSPS) is 12.0. The number of hydrogen-bond donors (Lipinski definition) is 2. The molecule has 0 saturated heterocycles. The fraction of sp³-hybridized carbons (Fsp3) is 0.312. The highest BCUT2D eigenvalue weighted by atomic mass is 32.1. The Labute approximate surface area is 143 Å². The maximum atomic E-state index is 12.5. The van der Waals surface area contributed by atoms with Crippen LogP contribution >= 0.6 is 11.7 Å². The Balaban J connectivity index is 2.24. The molecule has 24 heavy (non-hydrogen) atoms. The highest BCUT2D eigenvalue weighted by Crippen LogP contribution is 2.21. The number of nitrogens with two attached hydrogens (primary N) is 1. The Morgan fingerprint density at radius 3 is 2.42 bits per heavy atom. The molecule has 1 aromatic heterocycles. The van der Waals surface area contributed by atoms with E-state index >= 15 is 0 Å². The van der Waals surface area contributed by atoms with E-state index in [-0.39, 0.29) is 11.6 Å².